The van der Waals surface area contributed by atoms with Gasteiger partial charge in [-0.1, -0.05) is 64.1 Å². The van der Waals surface area contributed by atoms with Crippen molar-refractivity contribution in [2.45, 2.75) is 94.0 Å². The largest absolute Gasteiger partial charge is 0.481 e. The molecule has 1 aliphatic carbocycles. The molecule has 9 amide bonds. The molecule has 6 aromatic rings. The highest BCUT2D eigenvalue weighted by Crippen LogP contribution is 2.34. The number of pyridine rings is 2. The average molecular weight is 1200 g/mol. The molecule has 0 saturated carbocycles. The number of carbonyl (C=O) groups is 10. The molecule has 0 bridgehead atoms. The molecule has 85 heavy (non-hydrogen) atoms. The van der Waals surface area contributed by atoms with Crippen LogP contribution in [0.3, 0.4) is 0 Å². The van der Waals surface area contributed by atoms with Gasteiger partial charge in [0.05, 0.1) is 28.5 Å². The molecule has 0 spiro atoms. The fourth-order valence-electron chi connectivity index (χ4n) is 10.4. The molecular weight excluding hydrogens is 1130 g/mol. The first-order valence-corrected chi connectivity index (χ1v) is 30.1. The summed E-state index contributed by atoms with van der Waals surface area (Å²) in [5.74, 6) is -8.47. The van der Waals surface area contributed by atoms with E-state index in [4.69, 9.17) is 16.5 Å². The number of carbonyl (C=O) groups excluding carboxylic acids is 9. The van der Waals surface area contributed by atoms with E-state index < -0.39 is 102 Å². The lowest BCUT2D eigenvalue weighted by atomic mass is 9.98. The number of benzene rings is 3. The van der Waals surface area contributed by atoms with E-state index in [1.807, 2.05) is 54.6 Å². The number of allylic oxidation sites excluding steroid dienone is 1. The number of H-pyrrole nitrogens is 1. The van der Waals surface area contributed by atoms with Gasteiger partial charge in [0, 0.05) is 71.7 Å². The van der Waals surface area contributed by atoms with Crippen LogP contribution in [-0.2, 0) is 49.6 Å². The van der Waals surface area contributed by atoms with Gasteiger partial charge in [0.1, 0.15) is 48.6 Å². The number of aromatic nitrogens is 4. The van der Waals surface area contributed by atoms with Crippen molar-refractivity contribution < 1.29 is 53.1 Å². The number of nitrogens with zero attached hydrogens (tertiary/aromatic N) is 4. The molecule has 443 valence electrons. The van der Waals surface area contributed by atoms with Crippen LogP contribution in [0.2, 0.25) is 0 Å². The predicted octanol–water partition coefficient (Wildman–Crippen LogP) is 1.65. The molecule has 2 aliphatic heterocycles. The second-order valence-corrected chi connectivity index (χ2v) is 23.1. The Hall–Kier alpha value is -8.95. The minimum absolute atomic E-state index is 0.0141. The Labute approximate surface area is 494 Å². The number of carboxylic acid groups (broad SMARTS) is 1. The molecule has 27 heteroatoms. The van der Waals surface area contributed by atoms with Crippen LogP contribution in [0.25, 0.3) is 49.8 Å². The van der Waals surface area contributed by atoms with Gasteiger partial charge in [-0.25, -0.2) is 4.98 Å². The van der Waals surface area contributed by atoms with Crippen molar-refractivity contribution >= 4 is 119 Å². The molecule has 3 aromatic carbocycles. The number of amides is 9. The maximum atomic E-state index is 14.6. The molecular formula is C58H63N14O11S2. The maximum Gasteiger partial charge on any atom is 0.305 e. The van der Waals surface area contributed by atoms with Crippen molar-refractivity contribution in [1.29, 1.82) is 0 Å². The van der Waals surface area contributed by atoms with Gasteiger partial charge in [-0.05, 0) is 98.2 Å². The van der Waals surface area contributed by atoms with E-state index in [2.05, 4.69) is 52.2 Å². The molecule has 2 saturated heterocycles. The van der Waals surface area contributed by atoms with E-state index in [-0.39, 0.29) is 56.8 Å². The first kappa shape index (κ1) is 60.6. The lowest BCUT2D eigenvalue weighted by Gasteiger charge is -2.30. The van der Waals surface area contributed by atoms with E-state index >= 15 is 0 Å². The number of rotatable bonds is 15. The highest BCUT2D eigenvalue weighted by Gasteiger charge is 2.41. The number of aliphatic carboxylic acids is 1. The number of carboxylic acids is 1. The van der Waals surface area contributed by atoms with Gasteiger partial charge in [0.2, 0.25) is 47.3 Å². The van der Waals surface area contributed by atoms with Crippen LogP contribution in [0.5, 0.6) is 0 Å². The van der Waals surface area contributed by atoms with Crippen molar-refractivity contribution in [3.63, 3.8) is 0 Å². The van der Waals surface area contributed by atoms with Crippen molar-refractivity contribution in [2.75, 3.05) is 31.1 Å². The summed E-state index contributed by atoms with van der Waals surface area (Å²) in [4.78, 5) is 155. The van der Waals surface area contributed by atoms with Gasteiger partial charge in [0.25, 0.3) is 5.91 Å². The molecule has 3 aliphatic rings. The van der Waals surface area contributed by atoms with Crippen LogP contribution < -0.4 is 48.7 Å². The van der Waals surface area contributed by atoms with Crippen LogP contribution in [0.1, 0.15) is 72.9 Å². The van der Waals surface area contributed by atoms with E-state index in [1.165, 1.54) is 4.90 Å². The zero-order chi connectivity index (χ0) is 60.1. The van der Waals surface area contributed by atoms with Crippen molar-refractivity contribution in [3.05, 3.63) is 115 Å². The van der Waals surface area contributed by atoms with Crippen molar-refractivity contribution in [3.8, 4) is 11.4 Å². The number of nitrogens with two attached hydrogens (primary N) is 2. The molecule has 3 aromatic heterocycles. The standard InChI is InChI=1S/C58H63N14O11S2/c59-21-4-3-12-38-54(79)64-28-45(74)65-39(27-46(75)76)55(80)68-40(26-34-19-14-31-8-1-2-9-35(31)34)58(83)72-25-7-13-43(72)57(82)69-41(51(60)77)29-84-85-30-42(56(81)67-38)66-44(73)20-24-63-53(78)33-17-15-32(16-18-33)52-70-49-36-10-5-22-61-47(36)48-37(50(49)71-52)11-6-23-62-48/h1-2,5-6,8-11,15-19,22-23,28,38-43H,3-4,7,12-14,20-21,24-27,29-30,59H2,(H2,60,77)(H,63,78)(H,64,79)(H,65,74)(H,66,73)(H,67,81)(H,68,80)(H,69,82)(H,70,71)(H,75,76). The first-order valence-electron chi connectivity index (χ1n) is 27.6. The number of primary amides is 1. The minimum Gasteiger partial charge on any atom is -0.481 e. The first-order chi connectivity index (χ1) is 41.1. The van der Waals surface area contributed by atoms with Gasteiger partial charge < -0.3 is 63.7 Å². The molecule has 25 nitrogen and oxygen atoms in total. The Morgan fingerprint density at radius 3 is 2.25 bits per heavy atom. The molecule has 13 N–H and O–H groups in total. The Bertz CT molecular complexity index is 3530. The van der Waals surface area contributed by atoms with E-state index in [1.54, 1.807) is 36.7 Å². The second-order valence-electron chi connectivity index (χ2n) is 20.5. The zero-order valence-electron chi connectivity index (χ0n) is 45.9. The summed E-state index contributed by atoms with van der Waals surface area (Å²) < 4.78 is 0. The van der Waals surface area contributed by atoms with Crippen LogP contribution in [-0.4, -0.2) is 156 Å². The molecule has 5 heterocycles. The normalized spacial score (nSPS) is 21.2. The topological polar surface area (TPSA) is 385 Å². The molecule has 6 atom stereocenters. The average Bonchev–Trinajstić information content (AvgIpc) is 2.44. The third kappa shape index (κ3) is 14.9. The number of nitrogens with one attached hydrogen (secondary N) is 8. The highest BCUT2D eigenvalue weighted by atomic mass is 33.1. The summed E-state index contributed by atoms with van der Waals surface area (Å²) in [6.45, 7) is 0.858. The summed E-state index contributed by atoms with van der Waals surface area (Å²) in [6.07, 6.45) is 5.93. The predicted molar refractivity (Wildman–Crippen MR) is 318 cm³/mol. The Balaban J connectivity index is 0.887. The lowest BCUT2D eigenvalue weighted by molar-refractivity contribution is -0.143. The Morgan fingerprint density at radius 1 is 0.765 bits per heavy atom. The third-order valence-corrected chi connectivity index (χ3v) is 17.2. The van der Waals surface area contributed by atoms with Crippen LogP contribution in [0.4, 0.5) is 0 Å². The van der Waals surface area contributed by atoms with E-state index in [0.29, 0.717) is 54.8 Å². The number of aromatic amines is 1. The van der Waals surface area contributed by atoms with Crippen LogP contribution in [0.15, 0.2) is 91.3 Å². The summed E-state index contributed by atoms with van der Waals surface area (Å²) in [6, 6.07) is 13.6. The number of imidazole rings is 1. The van der Waals surface area contributed by atoms with E-state index in [9.17, 15) is 53.1 Å². The summed E-state index contributed by atoms with van der Waals surface area (Å²) in [5.41, 5.74) is 18.0. The zero-order valence-corrected chi connectivity index (χ0v) is 47.5. The quantitative estimate of drug-likeness (QED) is 0.0396. The SMILES string of the molecule is NCCCCC1NC(=O)C(NC(=O)CCNC(=O)c2ccc(-c3nc4c5cccnc5c5ncccc5c4[nH]3)cc2)CSSCC(C(N)=O)NC(=O)C2CCCN2C(=O)C(CC2=CCc3ccccc32)NC(=O)C(CC(=O)O)NC(=O)[CH]NC1=O. The monoisotopic (exact) mass is 1200 g/mol. The smallest absolute Gasteiger partial charge is 0.305 e. The van der Waals surface area contributed by atoms with Crippen molar-refractivity contribution in [1.82, 2.24) is 62.1 Å². The van der Waals surface area contributed by atoms with E-state index in [0.717, 1.165) is 65.6 Å². The summed E-state index contributed by atoms with van der Waals surface area (Å²) in [5, 5.41) is 29.5. The third-order valence-electron chi connectivity index (χ3n) is 14.7. The number of hydrogen-bond acceptors (Lipinski definition) is 16. The number of unbranched alkanes of at least 4 members (excludes halogenated alkanes) is 1. The maximum absolute atomic E-state index is 14.6. The minimum atomic E-state index is -1.77. The van der Waals surface area contributed by atoms with Gasteiger partial charge in [-0.3, -0.25) is 57.9 Å². The lowest BCUT2D eigenvalue weighted by Crippen LogP contribution is -2.58. The highest BCUT2D eigenvalue weighted by molar-refractivity contribution is 8.76. The molecule has 6 unspecified atom stereocenters. The fraction of sp³-hybridized carbons (Fsp3) is 0.345. The van der Waals surface area contributed by atoms with Gasteiger partial charge >= 0.3 is 5.97 Å². The fourth-order valence-corrected chi connectivity index (χ4v) is 12.7. The van der Waals surface area contributed by atoms with Crippen LogP contribution >= 0.6 is 21.6 Å². The van der Waals surface area contributed by atoms with Gasteiger partial charge in [0.15, 0.2) is 0 Å². The number of fused-ring (bicyclic) bond motifs is 8. The Morgan fingerprint density at radius 2 is 1.49 bits per heavy atom. The molecule has 2 fully saturated rings. The van der Waals surface area contributed by atoms with Gasteiger partial charge in [-0.15, -0.1) is 0 Å². The molecule has 1 radical (unpaired) electrons. The molecule has 9 rings (SSSR count). The van der Waals surface area contributed by atoms with Gasteiger partial charge in [-0.2, -0.15) is 0 Å². The van der Waals surface area contributed by atoms with Crippen LogP contribution in [0, 0.1) is 6.54 Å². The summed E-state index contributed by atoms with van der Waals surface area (Å²) >= 11 is 0. The van der Waals surface area contributed by atoms with Crippen molar-refractivity contribution in [2.24, 2.45) is 11.5 Å². The number of hydrogen-bond donors (Lipinski definition) is 11. The Kier molecular flexibility index (Phi) is 20.0. The second kappa shape index (κ2) is 28.1. The summed E-state index contributed by atoms with van der Waals surface area (Å²) in [7, 11) is 2.09.